The van der Waals surface area contributed by atoms with Gasteiger partial charge in [-0.25, -0.2) is 8.42 Å². The van der Waals surface area contributed by atoms with Crippen LogP contribution in [-0.2, 0) is 21.2 Å². The Morgan fingerprint density at radius 3 is 2.49 bits per heavy atom. The lowest BCUT2D eigenvalue weighted by Gasteiger charge is -2.35. The van der Waals surface area contributed by atoms with Gasteiger partial charge in [-0.05, 0) is 50.2 Å². The van der Waals surface area contributed by atoms with E-state index in [1.807, 2.05) is 6.92 Å². The number of aromatic nitrogens is 1. The molecule has 11 heteroatoms. The van der Waals surface area contributed by atoms with Crippen molar-refractivity contribution in [1.82, 2.24) is 9.47 Å². The van der Waals surface area contributed by atoms with Crippen LogP contribution >= 0.6 is 24.0 Å². The Morgan fingerprint density at radius 1 is 1.23 bits per heavy atom. The van der Waals surface area contributed by atoms with Gasteiger partial charge in [-0.1, -0.05) is 37.8 Å². The quantitative estimate of drug-likeness (QED) is 0.419. The average Bonchev–Trinajstić information content (AvgIpc) is 3.30. The summed E-state index contributed by atoms with van der Waals surface area (Å²) < 4.78 is 26.0. The highest BCUT2D eigenvalue weighted by atomic mass is 32.2. The van der Waals surface area contributed by atoms with E-state index in [1.165, 1.54) is 4.90 Å². The third-order valence-electron chi connectivity index (χ3n) is 7.05. The number of carbonyl (C=O) groups excluding carboxylic acids is 1. The van der Waals surface area contributed by atoms with Crippen LogP contribution in [0.5, 0.6) is 0 Å². The lowest BCUT2D eigenvalue weighted by Crippen LogP contribution is -2.39. The highest BCUT2D eigenvalue weighted by molar-refractivity contribution is 8.26. The van der Waals surface area contributed by atoms with Gasteiger partial charge in [0.25, 0.3) is 11.5 Å². The van der Waals surface area contributed by atoms with Crippen LogP contribution in [0.15, 0.2) is 9.70 Å². The molecule has 1 amide bonds. The van der Waals surface area contributed by atoms with Crippen LogP contribution < -0.4 is 10.5 Å². The lowest BCUT2D eigenvalue weighted by atomic mass is 9.97. The molecule has 0 radical (unpaired) electrons. The number of thioether (sulfide) groups is 1. The zero-order chi connectivity index (χ0) is 25.5. The smallest absolute Gasteiger partial charge is 0.270 e. The third kappa shape index (κ3) is 4.93. The van der Waals surface area contributed by atoms with E-state index in [-0.39, 0.29) is 28.5 Å². The minimum absolute atomic E-state index is 0.0535. The van der Waals surface area contributed by atoms with Crippen molar-refractivity contribution >= 4 is 55.9 Å². The van der Waals surface area contributed by atoms with Crippen molar-refractivity contribution in [2.45, 2.75) is 59.0 Å². The van der Waals surface area contributed by atoms with Crippen LogP contribution in [0.1, 0.15) is 56.2 Å². The second-order valence-corrected chi connectivity index (χ2v) is 13.5. The molecule has 3 saturated heterocycles. The number of pyridine rings is 1. The van der Waals surface area contributed by atoms with Crippen LogP contribution in [-0.4, -0.2) is 58.7 Å². The molecule has 35 heavy (non-hydrogen) atoms. The molecule has 0 bridgehead atoms. The standard InChI is InChI=1S/C24H30N4O4S3/c1-4-8-27-21(26-9-5-15(2)6-10-26)18(16(3)19(13-25)22(27)29)12-20-23(30)28(24(33)34-20)17-7-11-35(31,32)14-17/h12,15,17H,4-11,14H2,1-3H3/b20-12-. The molecule has 8 nitrogen and oxygen atoms in total. The van der Waals surface area contributed by atoms with E-state index in [0.29, 0.717) is 39.2 Å². The molecule has 4 rings (SSSR count). The Balaban J connectivity index is 1.84. The molecule has 0 N–H and O–H groups in total. The number of hydrogen-bond donors (Lipinski definition) is 0. The first-order chi connectivity index (χ1) is 16.6. The molecular formula is C24H30N4O4S3. The normalized spacial score (nSPS) is 23.9. The molecule has 3 aliphatic heterocycles. The number of carbonyl (C=O) groups is 1. The Kier molecular flexibility index (Phi) is 7.46. The Labute approximate surface area is 215 Å². The van der Waals surface area contributed by atoms with E-state index in [4.69, 9.17) is 12.2 Å². The van der Waals surface area contributed by atoms with Gasteiger partial charge in [-0.15, -0.1) is 0 Å². The summed E-state index contributed by atoms with van der Waals surface area (Å²) >= 11 is 6.63. The van der Waals surface area contributed by atoms with Crippen molar-refractivity contribution in [3.63, 3.8) is 0 Å². The summed E-state index contributed by atoms with van der Waals surface area (Å²) in [5, 5.41) is 9.79. The predicted octanol–water partition coefficient (Wildman–Crippen LogP) is 3.06. The van der Waals surface area contributed by atoms with Crippen molar-refractivity contribution in [3.05, 3.63) is 31.9 Å². The lowest BCUT2D eigenvalue weighted by molar-refractivity contribution is -0.123. The van der Waals surface area contributed by atoms with Gasteiger partial charge in [0.05, 0.1) is 22.5 Å². The van der Waals surface area contributed by atoms with Gasteiger partial charge in [0.15, 0.2) is 9.84 Å². The number of nitrogens with zero attached hydrogens (tertiary/aromatic N) is 4. The van der Waals surface area contributed by atoms with Crippen molar-refractivity contribution in [2.75, 3.05) is 29.5 Å². The van der Waals surface area contributed by atoms with E-state index >= 15 is 0 Å². The molecule has 0 spiro atoms. The van der Waals surface area contributed by atoms with Gasteiger partial charge >= 0.3 is 0 Å². The molecule has 1 aromatic rings. The molecule has 1 aromatic heterocycles. The van der Waals surface area contributed by atoms with E-state index in [9.17, 15) is 23.3 Å². The van der Waals surface area contributed by atoms with Gasteiger partial charge in [-0.3, -0.25) is 19.1 Å². The number of hydrogen-bond acceptors (Lipinski definition) is 8. The molecule has 0 aromatic carbocycles. The summed E-state index contributed by atoms with van der Waals surface area (Å²) in [5.74, 6) is 1.00. The van der Waals surface area contributed by atoms with Crippen LogP contribution in [0.4, 0.5) is 5.82 Å². The van der Waals surface area contributed by atoms with Crippen LogP contribution in [0.2, 0.25) is 0 Å². The molecule has 188 valence electrons. The van der Waals surface area contributed by atoms with E-state index in [0.717, 1.165) is 49.9 Å². The maximum atomic E-state index is 13.4. The van der Waals surface area contributed by atoms with Gasteiger partial charge in [0.1, 0.15) is 21.8 Å². The monoisotopic (exact) mass is 534 g/mol. The molecule has 0 aliphatic carbocycles. The maximum Gasteiger partial charge on any atom is 0.270 e. The Hall–Kier alpha value is -2.16. The SMILES string of the molecule is CCCn1c(N2CCC(C)CC2)c(/C=C2\SC(=S)N(C3CCS(=O)(=O)C3)C2=O)c(C)c(C#N)c1=O. The fraction of sp³-hybridized carbons (Fsp3) is 0.583. The Morgan fingerprint density at radius 2 is 1.91 bits per heavy atom. The molecular weight excluding hydrogens is 504 g/mol. The van der Waals surface area contributed by atoms with Crippen molar-refractivity contribution < 1.29 is 13.2 Å². The number of sulfone groups is 1. The summed E-state index contributed by atoms with van der Waals surface area (Å²) in [7, 11) is -3.18. The minimum Gasteiger partial charge on any atom is -0.357 e. The largest absolute Gasteiger partial charge is 0.357 e. The second-order valence-electron chi connectivity index (χ2n) is 9.58. The highest BCUT2D eigenvalue weighted by Crippen LogP contribution is 2.39. The fourth-order valence-electron chi connectivity index (χ4n) is 5.04. The van der Waals surface area contributed by atoms with E-state index in [2.05, 4.69) is 17.9 Å². The molecule has 1 unspecified atom stereocenters. The predicted molar refractivity (Wildman–Crippen MR) is 143 cm³/mol. The molecule has 0 saturated carbocycles. The number of anilines is 1. The summed E-state index contributed by atoms with van der Waals surface area (Å²) in [5.41, 5.74) is 1.01. The molecule has 3 aliphatic rings. The number of piperidine rings is 1. The van der Waals surface area contributed by atoms with Gasteiger partial charge < -0.3 is 4.90 Å². The second kappa shape index (κ2) is 10.1. The summed E-state index contributed by atoms with van der Waals surface area (Å²) in [4.78, 5) is 30.7. The van der Waals surface area contributed by atoms with Crippen molar-refractivity contribution in [2.24, 2.45) is 5.92 Å². The summed E-state index contributed by atoms with van der Waals surface area (Å²) in [6.07, 6.45) is 4.84. The average molecular weight is 535 g/mol. The first kappa shape index (κ1) is 25.9. The summed E-state index contributed by atoms with van der Waals surface area (Å²) in [6, 6.07) is 1.62. The minimum atomic E-state index is -3.18. The zero-order valence-electron chi connectivity index (χ0n) is 20.2. The zero-order valence-corrected chi connectivity index (χ0v) is 22.7. The van der Waals surface area contributed by atoms with Crippen LogP contribution in [0, 0.1) is 24.2 Å². The topological polar surface area (TPSA) is 103 Å². The molecule has 4 heterocycles. The number of thiocarbonyl (C=S) groups is 1. The van der Waals surface area contributed by atoms with Crippen molar-refractivity contribution in [3.8, 4) is 6.07 Å². The van der Waals surface area contributed by atoms with Crippen LogP contribution in [0.25, 0.3) is 6.08 Å². The number of rotatable bonds is 5. The van der Waals surface area contributed by atoms with E-state index in [1.54, 1.807) is 17.6 Å². The number of amides is 1. The third-order valence-corrected chi connectivity index (χ3v) is 10.1. The first-order valence-electron chi connectivity index (χ1n) is 12.0. The van der Waals surface area contributed by atoms with Crippen molar-refractivity contribution in [1.29, 1.82) is 5.26 Å². The van der Waals surface area contributed by atoms with Crippen LogP contribution in [0.3, 0.4) is 0 Å². The Bertz CT molecular complexity index is 1300. The first-order valence-corrected chi connectivity index (χ1v) is 15.0. The molecule has 3 fully saturated rings. The van der Waals surface area contributed by atoms with Gasteiger partial charge in [-0.2, -0.15) is 5.26 Å². The highest BCUT2D eigenvalue weighted by Gasteiger charge is 2.42. The maximum absolute atomic E-state index is 13.4. The number of nitriles is 1. The van der Waals surface area contributed by atoms with Gasteiger partial charge in [0, 0.05) is 25.2 Å². The molecule has 1 atom stereocenters. The fourth-order valence-corrected chi connectivity index (χ4v) is 8.12. The van der Waals surface area contributed by atoms with E-state index < -0.39 is 15.9 Å². The van der Waals surface area contributed by atoms with Gasteiger partial charge in [0.2, 0.25) is 0 Å². The summed E-state index contributed by atoms with van der Waals surface area (Å²) in [6.45, 7) is 8.00.